The van der Waals surface area contributed by atoms with Gasteiger partial charge < -0.3 is 0 Å². The van der Waals surface area contributed by atoms with Gasteiger partial charge in [0.2, 0.25) is 0 Å². The highest BCUT2D eigenvalue weighted by Crippen LogP contribution is 2.79. The lowest BCUT2D eigenvalue weighted by Gasteiger charge is -2.03. The van der Waals surface area contributed by atoms with Crippen molar-refractivity contribution in [1.82, 2.24) is 0 Å². The van der Waals surface area contributed by atoms with Crippen LogP contribution < -0.4 is 0 Å². The summed E-state index contributed by atoms with van der Waals surface area (Å²) in [6.07, 6.45) is 5.58. The van der Waals surface area contributed by atoms with Gasteiger partial charge in [0.05, 0.1) is 6.47 Å². The SMILES string of the molecule is BrC1(Br)C2CCCCC3C(C21)C3(Br)Br. The van der Waals surface area contributed by atoms with Gasteiger partial charge in [0.15, 0.2) is 0 Å². The largest absolute Gasteiger partial charge is 0.0872 e. The van der Waals surface area contributed by atoms with Crippen LogP contribution in [-0.4, -0.2) is 6.47 Å². The summed E-state index contributed by atoms with van der Waals surface area (Å²) in [5.41, 5.74) is 0. The lowest BCUT2D eigenvalue weighted by molar-refractivity contribution is 0.467. The molecule has 0 N–H and O–H groups in total. The average molecular weight is 452 g/mol. The third-order valence-electron chi connectivity index (χ3n) is 4.19. The molecule has 0 aliphatic heterocycles. The minimum atomic E-state index is 0.260. The summed E-state index contributed by atoms with van der Waals surface area (Å²) < 4.78 is 0.521. The molecule has 0 heterocycles. The molecule has 3 rings (SSSR count). The number of alkyl halides is 4. The van der Waals surface area contributed by atoms with Crippen LogP contribution in [0.25, 0.3) is 0 Å². The van der Waals surface area contributed by atoms with Crippen LogP contribution in [0.1, 0.15) is 25.7 Å². The van der Waals surface area contributed by atoms with Gasteiger partial charge in [-0.05, 0) is 36.5 Å². The number of hydrogen-bond donors (Lipinski definition) is 0. The van der Waals surface area contributed by atoms with Crippen LogP contribution in [0.15, 0.2) is 0 Å². The molecule has 0 amide bonds. The third-order valence-corrected chi connectivity index (χ3v) is 8.66. The Kier molecular flexibility index (Phi) is 2.55. The quantitative estimate of drug-likeness (QED) is 0.453. The Labute approximate surface area is 118 Å². The summed E-state index contributed by atoms with van der Waals surface area (Å²) in [4.78, 5) is 0. The molecular formula is C10H12Br4. The molecule has 0 aromatic rings. The van der Waals surface area contributed by atoms with Gasteiger partial charge in [-0.25, -0.2) is 0 Å². The van der Waals surface area contributed by atoms with Crippen LogP contribution in [0.3, 0.4) is 0 Å². The fourth-order valence-corrected chi connectivity index (χ4v) is 7.23. The summed E-state index contributed by atoms with van der Waals surface area (Å²) >= 11 is 15.4. The maximum absolute atomic E-state index is 3.84. The molecule has 0 nitrogen and oxygen atoms in total. The topological polar surface area (TPSA) is 0 Å². The van der Waals surface area contributed by atoms with Crippen molar-refractivity contribution in [1.29, 1.82) is 0 Å². The highest BCUT2D eigenvalue weighted by molar-refractivity contribution is 9.26. The first-order valence-corrected chi connectivity index (χ1v) is 8.40. The van der Waals surface area contributed by atoms with E-state index < -0.39 is 0 Å². The van der Waals surface area contributed by atoms with Gasteiger partial charge in [-0.15, -0.1) is 0 Å². The van der Waals surface area contributed by atoms with Crippen molar-refractivity contribution < 1.29 is 0 Å². The van der Waals surface area contributed by atoms with E-state index in [-0.39, 0.29) is 6.47 Å². The van der Waals surface area contributed by atoms with Gasteiger partial charge in [0.1, 0.15) is 0 Å². The lowest BCUT2D eigenvalue weighted by atomic mass is 10.0. The zero-order valence-electron chi connectivity index (χ0n) is 7.65. The number of hydrogen-bond acceptors (Lipinski definition) is 0. The van der Waals surface area contributed by atoms with Crippen molar-refractivity contribution in [2.45, 2.75) is 32.2 Å². The molecule has 4 atom stereocenters. The maximum atomic E-state index is 3.84. The first-order valence-electron chi connectivity index (χ1n) is 5.23. The van der Waals surface area contributed by atoms with Gasteiger partial charge in [-0.1, -0.05) is 76.6 Å². The molecule has 0 bridgehead atoms. The van der Waals surface area contributed by atoms with E-state index >= 15 is 0 Å². The number of rotatable bonds is 0. The smallest absolute Gasteiger partial charge is 0.0721 e. The Hall–Kier alpha value is 1.92. The Morgan fingerprint density at radius 2 is 1.07 bits per heavy atom. The van der Waals surface area contributed by atoms with E-state index in [1.807, 2.05) is 0 Å². The van der Waals surface area contributed by atoms with Crippen molar-refractivity contribution in [3.63, 3.8) is 0 Å². The summed E-state index contributed by atoms with van der Waals surface area (Å²) in [5, 5.41) is 0. The number of fused-ring (bicyclic) bond motifs is 3. The van der Waals surface area contributed by atoms with E-state index in [1.54, 1.807) is 0 Å². The summed E-state index contributed by atoms with van der Waals surface area (Å²) in [5.74, 6) is 3.36. The zero-order valence-corrected chi connectivity index (χ0v) is 14.0. The molecule has 4 heteroatoms. The van der Waals surface area contributed by atoms with Gasteiger partial charge in [0.25, 0.3) is 0 Å². The van der Waals surface area contributed by atoms with Crippen LogP contribution >= 0.6 is 63.7 Å². The van der Waals surface area contributed by atoms with Crippen molar-refractivity contribution in [3.05, 3.63) is 0 Å². The normalized spacial score (nSPS) is 52.3. The first-order chi connectivity index (χ1) is 6.47. The Morgan fingerprint density at radius 1 is 0.714 bits per heavy atom. The van der Waals surface area contributed by atoms with E-state index in [0.717, 1.165) is 23.7 Å². The van der Waals surface area contributed by atoms with Crippen LogP contribution in [0, 0.1) is 23.7 Å². The lowest BCUT2D eigenvalue weighted by Crippen LogP contribution is -1.96. The molecule has 14 heavy (non-hydrogen) atoms. The van der Waals surface area contributed by atoms with E-state index in [0.29, 0.717) is 0 Å². The molecule has 3 fully saturated rings. The van der Waals surface area contributed by atoms with E-state index in [4.69, 9.17) is 0 Å². The summed E-state index contributed by atoms with van der Waals surface area (Å²) in [6, 6.07) is 0. The number of halogens is 4. The minimum Gasteiger partial charge on any atom is -0.0721 e. The fourth-order valence-electron chi connectivity index (χ4n) is 3.28. The van der Waals surface area contributed by atoms with Gasteiger partial charge >= 0.3 is 0 Å². The van der Waals surface area contributed by atoms with Gasteiger partial charge in [-0.2, -0.15) is 0 Å². The summed E-state index contributed by atoms with van der Waals surface area (Å²) in [6.45, 7) is 0. The Morgan fingerprint density at radius 3 is 1.43 bits per heavy atom. The van der Waals surface area contributed by atoms with E-state index in [9.17, 15) is 0 Å². The second-order valence-corrected chi connectivity index (χ2v) is 12.3. The standard InChI is InChI=1S/C10H12Br4/c11-9(12)5-3-1-2-4-6-8(7(5)9)10(6,13)14/h5-8H,1-4H2. The van der Waals surface area contributed by atoms with E-state index in [2.05, 4.69) is 63.7 Å². The molecule has 0 radical (unpaired) electrons. The predicted octanol–water partition coefficient (Wildman–Crippen LogP) is 5.02. The molecule has 3 aliphatic carbocycles. The second-order valence-electron chi connectivity index (χ2n) is 4.90. The first kappa shape index (κ1) is 11.0. The molecule has 0 aromatic carbocycles. The third kappa shape index (κ3) is 1.39. The van der Waals surface area contributed by atoms with Gasteiger partial charge in [0, 0.05) is 0 Å². The highest BCUT2D eigenvalue weighted by atomic mass is 79.9. The molecule has 0 saturated heterocycles. The zero-order chi connectivity index (χ0) is 10.1. The highest BCUT2D eigenvalue weighted by Gasteiger charge is 2.77. The van der Waals surface area contributed by atoms with Crippen molar-refractivity contribution in [2.24, 2.45) is 23.7 Å². The molecule has 0 spiro atoms. The van der Waals surface area contributed by atoms with Crippen LogP contribution in [0.5, 0.6) is 0 Å². The molecule has 80 valence electrons. The van der Waals surface area contributed by atoms with E-state index in [1.165, 1.54) is 25.7 Å². The maximum Gasteiger partial charge on any atom is 0.0872 e. The second kappa shape index (κ2) is 3.23. The van der Waals surface area contributed by atoms with Gasteiger partial charge in [-0.3, -0.25) is 0 Å². The molecule has 4 unspecified atom stereocenters. The van der Waals surface area contributed by atoms with Crippen molar-refractivity contribution in [3.8, 4) is 0 Å². The fraction of sp³-hybridized carbons (Fsp3) is 1.00. The molecular weight excluding hydrogens is 440 g/mol. The van der Waals surface area contributed by atoms with Crippen LogP contribution in [0.2, 0.25) is 0 Å². The molecule has 0 aromatic heterocycles. The van der Waals surface area contributed by atoms with Crippen LogP contribution in [0.4, 0.5) is 0 Å². The average Bonchev–Trinajstić information content (AvgIpc) is 2.67. The Balaban J connectivity index is 1.85. The molecule has 3 aliphatic rings. The monoisotopic (exact) mass is 448 g/mol. The predicted molar refractivity (Wildman–Crippen MR) is 73.6 cm³/mol. The summed E-state index contributed by atoms with van der Waals surface area (Å²) in [7, 11) is 0. The molecule has 3 saturated carbocycles. The Bertz CT molecular complexity index is 245. The minimum absolute atomic E-state index is 0.260. The van der Waals surface area contributed by atoms with Crippen molar-refractivity contribution in [2.75, 3.05) is 0 Å². The van der Waals surface area contributed by atoms with Crippen molar-refractivity contribution >= 4 is 63.7 Å². The van der Waals surface area contributed by atoms with Crippen LogP contribution in [-0.2, 0) is 0 Å².